The minimum absolute atomic E-state index is 0.218. The Bertz CT molecular complexity index is 970. The molecule has 3 aromatic rings. The number of rotatable bonds is 7. The molecule has 1 atom stereocenters. The molecule has 10 nitrogen and oxygen atoms in total. The van der Waals surface area contributed by atoms with Crippen molar-refractivity contribution in [3.05, 3.63) is 58.0 Å². The second-order valence-corrected chi connectivity index (χ2v) is 7.01. The molecule has 28 heavy (non-hydrogen) atoms. The van der Waals surface area contributed by atoms with Crippen LogP contribution in [0.3, 0.4) is 0 Å². The molecule has 0 aliphatic carbocycles. The number of ether oxygens (including phenoxy) is 2. The average Bonchev–Trinajstić information content (AvgIpc) is 3.34. The Morgan fingerprint density at radius 2 is 2.11 bits per heavy atom. The molecular formula is C18H20N6O4. The summed E-state index contributed by atoms with van der Waals surface area (Å²) in [4.78, 5) is 14.1. The van der Waals surface area contributed by atoms with E-state index in [-0.39, 0.29) is 11.8 Å². The molecule has 146 valence electrons. The van der Waals surface area contributed by atoms with Gasteiger partial charge in [-0.25, -0.2) is 4.68 Å². The normalized spacial score (nSPS) is 17.9. The zero-order valence-electron chi connectivity index (χ0n) is 15.6. The Morgan fingerprint density at radius 3 is 2.79 bits per heavy atom. The lowest BCUT2D eigenvalue weighted by molar-refractivity contribution is -0.389. The highest BCUT2D eigenvalue weighted by Gasteiger charge is 2.40. The van der Waals surface area contributed by atoms with E-state index in [1.165, 1.54) is 11.8 Å². The third-order valence-electron chi connectivity index (χ3n) is 4.56. The molecule has 1 aliphatic heterocycles. The Morgan fingerprint density at radius 1 is 1.32 bits per heavy atom. The fraction of sp³-hybridized carbons (Fsp3) is 0.389. The van der Waals surface area contributed by atoms with Gasteiger partial charge in [-0.2, -0.15) is 0 Å². The number of fused-ring (bicyclic) bond motifs is 1. The van der Waals surface area contributed by atoms with Crippen LogP contribution in [0.15, 0.2) is 36.7 Å². The molecule has 0 saturated heterocycles. The minimum Gasteiger partial charge on any atom is -0.487 e. The van der Waals surface area contributed by atoms with E-state index in [4.69, 9.17) is 9.47 Å². The van der Waals surface area contributed by atoms with Crippen molar-refractivity contribution in [2.75, 3.05) is 0 Å². The van der Waals surface area contributed by atoms with Gasteiger partial charge in [0.2, 0.25) is 0 Å². The molecule has 3 heterocycles. The van der Waals surface area contributed by atoms with E-state index in [2.05, 4.69) is 22.2 Å². The zero-order valence-corrected chi connectivity index (χ0v) is 15.6. The molecule has 1 aliphatic rings. The van der Waals surface area contributed by atoms with Crippen LogP contribution in [0.1, 0.15) is 25.1 Å². The smallest absolute Gasteiger partial charge is 0.415 e. The number of imidazole rings is 1. The summed E-state index contributed by atoms with van der Waals surface area (Å²) in [5.41, 5.74) is 1.35. The predicted octanol–water partition coefficient (Wildman–Crippen LogP) is 2.38. The second kappa shape index (κ2) is 6.95. The standard InChI is InChI=1S/C18H20N6O4/c1-3-13-4-6-15(7-5-13)27-10-14-8-23(21-20-14)12-18(2)11-22-9-16(24(25)26)19-17(22)28-18/h4-9H,3,10-12H2,1-2H3. The summed E-state index contributed by atoms with van der Waals surface area (Å²) in [5.74, 6) is 0.564. The van der Waals surface area contributed by atoms with E-state index < -0.39 is 10.5 Å². The van der Waals surface area contributed by atoms with E-state index in [1.807, 2.05) is 31.2 Å². The number of hydrogen-bond donors (Lipinski definition) is 0. The van der Waals surface area contributed by atoms with Crippen molar-refractivity contribution in [3.8, 4) is 11.8 Å². The van der Waals surface area contributed by atoms with Gasteiger partial charge in [0.1, 0.15) is 29.8 Å². The zero-order chi connectivity index (χ0) is 19.7. The lowest BCUT2D eigenvalue weighted by Crippen LogP contribution is -2.36. The highest BCUT2D eigenvalue weighted by molar-refractivity contribution is 5.27. The van der Waals surface area contributed by atoms with Crippen LogP contribution >= 0.6 is 0 Å². The van der Waals surface area contributed by atoms with Gasteiger partial charge >= 0.3 is 11.8 Å². The van der Waals surface area contributed by atoms with Crippen molar-refractivity contribution in [1.82, 2.24) is 24.5 Å². The van der Waals surface area contributed by atoms with Crippen molar-refractivity contribution < 1.29 is 14.4 Å². The summed E-state index contributed by atoms with van der Waals surface area (Å²) in [6.07, 6.45) is 4.17. The van der Waals surface area contributed by atoms with Crippen LogP contribution in [0.2, 0.25) is 0 Å². The number of nitrogens with zero attached hydrogens (tertiary/aromatic N) is 6. The molecule has 1 aromatic carbocycles. The van der Waals surface area contributed by atoms with Gasteiger partial charge in [0, 0.05) is 4.98 Å². The monoisotopic (exact) mass is 384 g/mol. The second-order valence-electron chi connectivity index (χ2n) is 7.01. The summed E-state index contributed by atoms with van der Waals surface area (Å²) in [6.45, 7) is 5.20. The first kappa shape index (κ1) is 18.0. The van der Waals surface area contributed by atoms with E-state index in [9.17, 15) is 10.1 Å². The van der Waals surface area contributed by atoms with Crippen LogP contribution in [0.5, 0.6) is 11.8 Å². The fourth-order valence-electron chi connectivity index (χ4n) is 3.17. The van der Waals surface area contributed by atoms with Crippen molar-refractivity contribution in [2.45, 2.75) is 45.6 Å². The van der Waals surface area contributed by atoms with Gasteiger partial charge in [-0.05, 0) is 36.0 Å². The van der Waals surface area contributed by atoms with Crippen LogP contribution in [0.25, 0.3) is 0 Å². The molecule has 4 rings (SSSR count). The molecule has 0 amide bonds. The van der Waals surface area contributed by atoms with Crippen molar-refractivity contribution in [3.63, 3.8) is 0 Å². The first-order valence-corrected chi connectivity index (χ1v) is 8.95. The van der Waals surface area contributed by atoms with Crippen LogP contribution < -0.4 is 9.47 Å². The molecular weight excluding hydrogens is 364 g/mol. The highest BCUT2D eigenvalue weighted by Crippen LogP contribution is 2.31. The van der Waals surface area contributed by atoms with Crippen LogP contribution in [0, 0.1) is 10.1 Å². The number of benzene rings is 1. The van der Waals surface area contributed by atoms with E-state index in [0.717, 1.165) is 12.2 Å². The molecule has 2 aromatic heterocycles. The van der Waals surface area contributed by atoms with E-state index in [1.54, 1.807) is 15.4 Å². The maximum atomic E-state index is 10.8. The van der Waals surface area contributed by atoms with Crippen molar-refractivity contribution in [2.24, 2.45) is 0 Å². The Kier molecular flexibility index (Phi) is 4.46. The summed E-state index contributed by atoms with van der Waals surface area (Å²) < 4.78 is 14.9. The number of aromatic nitrogens is 5. The predicted molar refractivity (Wildman–Crippen MR) is 98.1 cm³/mol. The first-order valence-electron chi connectivity index (χ1n) is 8.95. The minimum atomic E-state index is -0.612. The van der Waals surface area contributed by atoms with Gasteiger partial charge in [-0.3, -0.25) is 4.57 Å². The molecule has 0 fully saturated rings. The van der Waals surface area contributed by atoms with Gasteiger partial charge in [-0.15, -0.1) is 5.10 Å². The maximum Gasteiger partial charge on any atom is 0.415 e. The largest absolute Gasteiger partial charge is 0.487 e. The summed E-state index contributed by atoms with van der Waals surface area (Å²) in [7, 11) is 0. The van der Waals surface area contributed by atoms with Gasteiger partial charge < -0.3 is 19.6 Å². The van der Waals surface area contributed by atoms with Gasteiger partial charge in [0.05, 0.1) is 19.3 Å². The Labute approximate surface area is 160 Å². The van der Waals surface area contributed by atoms with Crippen LogP contribution in [-0.4, -0.2) is 35.1 Å². The van der Waals surface area contributed by atoms with Crippen LogP contribution in [0.4, 0.5) is 5.82 Å². The number of nitro groups is 1. The fourth-order valence-corrected chi connectivity index (χ4v) is 3.17. The molecule has 1 unspecified atom stereocenters. The van der Waals surface area contributed by atoms with Crippen molar-refractivity contribution >= 4 is 5.82 Å². The van der Waals surface area contributed by atoms with Gasteiger partial charge in [0.15, 0.2) is 0 Å². The summed E-state index contributed by atoms with van der Waals surface area (Å²) in [6, 6.07) is 8.21. The molecule has 0 N–H and O–H groups in total. The summed E-state index contributed by atoms with van der Waals surface area (Å²) >= 11 is 0. The van der Waals surface area contributed by atoms with Crippen LogP contribution in [-0.2, 0) is 26.1 Å². The number of aryl methyl sites for hydroxylation is 1. The molecule has 0 radical (unpaired) electrons. The third-order valence-corrected chi connectivity index (χ3v) is 4.56. The topological polar surface area (TPSA) is 110 Å². The van der Waals surface area contributed by atoms with Gasteiger partial charge in [-0.1, -0.05) is 24.3 Å². The molecule has 0 bridgehead atoms. The summed E-state index contributed by atoms with van der Waals surface area (Å²) in [5, 5.41) is 19.1. The van der Waals surface area contributed by atoms with E-state index in [0.29, 0.717) is 25.4 Å². The quantitative estimate of drug-likeness (QED) is 0.454. The highest BCUT2D eigenvalue weighted by atomic mass is 16.6. The number of hydrogen-bond acceptors (Lipinski definition) is 7. The third kappa shape index (κ3) is 3.66. The SMILES string of the molecule is CCc1ccc(OCc2cn(CC3(C)Cn4cc([N+](=O)[O-])nc4O3)nn2)cc1. The molecule has 10 heteroatoms. The Hall–Kier alpha value is -3.43. The first-order chi connectivity index (χ1) is 13.4. The average molecular weight is 384 g/mol. The lowest BCUT2D eigenvalue weighted by Gasteiger charge is -2.21. The lowest BCUT2D eigenvalue weighted by atomic mass is 10.1. The molecule has 0 spiro atoms. The van der Waals surface area contributed by atoms with Crippen molar-refractivity contribution in [1.29, 1.82) is 0 Å². The molecule has 0 saturated carbocycles. The van der Waals surface area contributed by atoms with E-state index >= 15 is 0 Å². The van der Waals surface area contributed by atoms with Gasteiger partial charge in [0.25, 0.3) is 0 Å². The Balaban J connectivity index is 1.35. The maximum absolute atomic E-state index is 10.8.